The molecule has 1 aromatic carbocycles. The molecule has 2 amide bonds. The van der Waals surface area contributed by atoms with Gasteiger partial charge in [-0.25, -0.2) is 0 Å². The molecule has 0 radical (unpaired) electrons. The van der Waals surface area contributed by atoms with Gasteiger partial charge < -0.3 is 9.80 Å². The zero-order valence-corrected chi connectivity index (χ0v) is 13.5. The van der Waals surface area contributed by atoms with Gasteiger partial charge in [0, 0.05) is 36.4 Å². The third-order valence-corrected chi connectivity index (χ3v) is 4.74. The molecule has 0 unspecified atom stereocenters. The first kappa shape index (κ1) is 15.4. The number of hydrogen-bond donors (Lipinski definition) is 0. The Labute approximate surface area is 131 Å². The summed E-state index contributed by atoms with van der Waals surface area (Å²) in [6.45, 7) is 2.59. The topological polar surface area (TPSA) is 40.6 Å². The van der Waals surface area contributed by atoms with Crippen LogP contribution in [0.25, 0.3) is 0 Å². The molecule has 108 valence electrons. The van der Waals surface area contributed by atoms with E-state index in [0.717, 1.165) is 16.6 Å². The molecular weight excluding hydrogens is 340 g/mol. The maximum atomic E-state index is 12.0. The molecule has 20 heavy (non-hydrogen) atoms. The minimum Gasteiger partial charge on any atom is -0.342 e. The van der Waals surface area contributed by atoms with Crippen LogP contribution in [0, 0.1) is 0 Å². The lowest BCUT2D eigenvalue weighted by Gasteiger charge is -2.32. The quantitative estimate of drug-likeness (QED) is 0.757. The molecule has 0 spiro atoms. The van der Waals surface area contributed by atoms with Crippen molar-refractivity contribution in [1.82, 2.24) is 9.80 Å². The Morgan fingerprint density at radius 3 is 2.45 bits per heavy atom. The van der Waals surface area contributed by atoms with Gasteiger partial charge in [0.15, 0.2) is 0 Å². The molecule has 6 heteroatoms. The third kappa shape index (κ3) is 4.52. The number of carbonyl (C=O) groups is 2. The fourth-order valence-electron chi connectivity index (χ4n) is 2.00. The van der Waals surface area contributed by atoms with E-state index in [-0.39, 0.29) is 5.91 Å². The van der Waals surface area contributed by atoms with Gasteiger partial charge in [0.05, 0.1) is 5.75 Å². The highest BCUT2D eigenvalue weighted by Gasteiger charge is 2.19. The average Bonchev–Trinajstić information content (AvgIpc) is 2.49. The summed E-state index contributed by atoms with van der Waals surface area (Å²) in [4.78, 5) is 26.2. The van der Waals surface area contributed by atoms with Crippen molar-refractivity contribution < 1.29 is 9.59 Å². The van der Waals surface area contributed by atoms with Crippen LogP contribution in [0.4, 0.5) is 0 Å². The Kier molecular flexibility index (Phi) is 5.91. The van der Waals surface area contributed by atoms with Crippen LogP contribution < -0.4 is 0 Å². The van der Waals surface area contributed by atoms with Crippen molar-refractivity contribution in [2.24, 2.45) is 0 Å². The molecule has 0 saturated carbocycles. The summed E-state index contributed by atoms with van der Waals surface area (Å²) in [7, 11) is 0. The van der Waals surface area contributed by atoms with Crippen LogP contribution in [-0.4, -0.2) is 54.0 Å². The number of piperazine rings is 1. The van der Waals surface area contributed by atoms with Gasteiger partial charge in [-0.1, -0.05) is 28.1 Å². The summed E-state index contributed by atoms with van der Waals surface area (Å²) in [6.07, 6.45) is 0.851. The van der Waals surface area contributed by atoms with Crippen molar-refractivity contribution in [2.45, 2.75) is 5.75 Å². The summed E-state index contributed by atoms with van der Waals surface area (Å²) < 4.78 is 1.07. The largest absolute Gasteiger partial charge is 0.342 e. The minimum atomic E-state index is 0.165. The van der Waals surface area contributed by atoms with Gasteiger partial charge in [0.2, 0.25) is 12.3 Å². The first-order valence-corrected chi connectivity index (χ1v) is 8.43. The zero-order valence-electron chi connectivity index (χ0n) is 11.1. The van der Waals surface area contributed by atoms with E-state index in [1.54, 1.807) is 16.7 Å². The second kappa shape index (κ2) is 7.69. The Morgan fingerprint density at radius 1 is 1.20 bits per heavy atom. The number of hydrogen-bond acceptors (Lipinski definition) is 3. The second-order valence-corrected chi connectivity index (χ2v) is 6.54. The molecule has 1 heterocycles. The Bertz CT molecular complexity index is 459. The second-order valence-electron chi connectivity index (χ2n) is 4.64. The van der Waals surface area contributed by atoms with Gasteiger partial charge in [-0.2, -0.15) is 0 Å². The zero-order chi connectivity index (χ0) is 14.4. The van der Waals surface area contributed by atoms with E-state index in [4.69, 9.17) is 0 Å². The summed E-state index contributed by atoms with van der Waals surface area (Å²) in [5, 5.41) is 0. The van der Waals surface area contributed by atoms with Crippen molar-refractivity contribution in [2.75, 3.05) is 31.9 Å². The van der Waals surface area contributed by atoms with Crippen molar-refractivity contribution >= 4 is 40.0 Å². The predicted molar refractivity (Wildman–Crippen MR) is 84.5 cm³/mol. The monoisotopic (exact) mass is 356 g/mol. The van der Waals surface area contributed by atoms with Crippen LogP contribution in [0.5, 0.6) is 0 Å². The van der Waals surface area contributed by atoms with Gasteiger partial charge in [-0.05, 0) is 17.7 Å². The first-order chi connectivity index (χ1) is 9.69. The van der Waals surface area contributed by atoms with Crippen LogP contribution in [0.2, 0.25) is 0 Å². The van der Waals surface area contributed by atoms with E-state index >= 15 is 0 Å². The molecule has 0 N–H and O–H groups in total. The van der Waals surface area contributed by atoms with E-state index in [1.165, 1.54) is 5.56 Å². The van der Waals surface area contributed by atoms with Crippen LogP contribution in [0.1, 0.15) is 5.56 Å². The van der Waals surface area contributed by atoms with Crippen molar-refractivity contribution in [3.05, 3.63) is 34.3 Å². The highest BCUT2D eigenvalue weighted by molar-refractivity contribution is 9.10. The first-order valence-electron chi connectivity index (χ1n) is 6.48. The molecule has 0 atom stereocenters. The molecule has 0 aromatic heterocycles. The summed E-state index contributed by atoms with van der Waals surface area (Å²) in [6, 6.07) is 8.14. The fourth-order valence-corrected chi connectivity index (χ4v) is 3.16. The van der Waals surface area contributed by atoms with Crippen molar-refractivity contribution in [3.63, 3.8) is 0 Å². The number of thioether (sulfide) groups is 1. The maximum Gasteiger partial charge on any atom is 0.232 e. The van der Waals surface area contributed by atoms with E-state index < -0.39 is 0 Å². The van der Waals surface area contributed by atoms with E-state index in [2.05, 4.69) is 28.1 Å². The van der Waals surface area contributed by atoms with Crippen LogP contribution >= 0.6 is 27.7 Å². The molecule has 0 aliphatic carbocycles. The van der Waals surface area contributed by atoms with Gasteiger partial charge in [0.1, 0.15) is 0 Å². The fraction of sp³-hybridized carbons (Fsp3) is 0.429. The van der Waals surface area contributed by atoms with E-state index in [9.17, 15) is 9.59 Å². The molecule has 1 aromatic rings. The SMILES string of the molecule is O=CN1CCN(C(=O)CSCc2ccc(Br)cc2)CC1. The Balaban J connectivity index is 1.70. The molecule has 1 aliphatic rings. The van der Waals surface area contributed by atoms with Gasteiger partial charge in [-0.3, -0.25) is 9.59 Å². The van der Waals surface area contributed by atoms with Gasteiger partial charge in [0.25, 0.3) is 0 Å². The molecule has 2 rings (SSSR count). The summed E-state index contributed by atoms with van der Waals surface area (Å²) in [5.74, 6) is 1.50. The number of carbonyl (C=O) groups excluding carboxylic acids is 2. The van der Waals surface area contributed by atoms with E-state index in [1.807, 2.05) is 17.0 Å². The molecule has 1 fully saturated rings. The van der Waals surface area contributed by atoms with Crippen molar-refractivity contribution in [3.8, 4) is 0 Å². The van der Waals surface area contributed by atoms with Crippen LogP contribution in [0.3, 0.4) is 0 Å². The van der Waals surface area contributed by atoms with E-state index in [0.29, 0.717) is 31.9 Å². The standard InChI is InChI=1S/C14H17BrN2O2S/c15-13-3-1-12(2-4-13)9-20-10-14(19)17-7-5-16(11-18)6-8-17/h1-4,11H,5-10H2. The molecule has 4 nitrogen and oxygen atoms in total. The normalized spacial score (nSPS) is 15.2. The highest BCUT2D eigenvalue weighted by Crippen LogP contribution is 2.16. The Hall–Kier alpha value is -1.01. The van der Waals surface area contributed by atoms with Gasteiger partial charge >= 0.3 is 0 Å². The summed E-state index contributed by atoms with van der Waals surface area (Å²) in [5.41, 5.74) is 1.22. The highest BCUT2D eigenvalue weighted by atomic mass is 79.9. The van der Waals surface area contributed by atoms with Gasteiger partial charge in [-0.15, -0.1) is 11.8 Å². The maximum absolute atomic E-state index is 12.0. The van der Waals surface area contributed by atoms with Crippen LogP contribution in [0.15, 0.2) is 28.7 Å². The number of nitrogens with zero attached hydrogens (tertiary/aromatic N) is 2. The molecular formula is C14H17BrN2O2S. The molecule has 1 aliphatic heterocycles. The predicted octanol–water partition coefficient (Wildman–Crippen LogP) is 1.98. The number of amides is 2. The average molecular weight is 357 g/mol. The third-order valence-electron chi connectivity index (χ3n) is 3.22. The number of rotatable bonds is 5. The van der Waals surface area contributed by atoms with Crippen LogP contribution in [-0.2, 0) is 15.3 Å². The van der Waals surface area contributed by atoms with Crippen molar-refractivity contribution in [1.29, 1.82) is 0 Å². The smallest absolute Gasteiger partial charge is 0.232 e. The summed E-state index contributed by atoms with van der Waals surface area (Å²) >= 11 is 5.03. The molecule has 0 bridgehead atoms. The molecule has 1 saturated heterocycles. The number of benzene rings is 1. The Morgan fingerprint density at radius 2 is 1.85 bits per heavy atom. The lowest BCUT2D eigenvalue weighted by atomic mass is 10.2. The number of halogens is 1. The minimum absolute atomic E-state index is 0.165. The lowest BCUT2D eigenvalue weighted by Crippen LogP contribution is -2.48. The lowest BCUT2D eigenvalue weighted by molar-refractivity contribution is -0.132.